The minimum atomic E-state index is -0.550. The summed E-state index contributed by atoms with van der Waals surface area (Å²) in [4.78, 5) is 59.6. The topological polar surface area (TPSA) is 141 Å². The number of unbranched alkanes of at least 4 members (excludes halogenated alkanes) is 7. The lowest BCUT2D eigenvalue weighted by atomic mass is 10.1. The van der Waals surface area contributed by atoms with Gasteiger partial charge in [0.15, 0.2) is 0 Å². The fourth-order valence-corrected chi connectivity index (χ4v) is 5.11. The largest absolute Gasteiger partial charge is 0.463 e. The first-order valence-corrected chi connectivity index (χ1v) is 19.7. The van der Waals surface area contributed by atoms with Crippen LogP contribution in [0.4, 0.5) is 0 Å². The number of ether oxygens (including phenoxy) is 6. The van der Waals surface area contributed by atoms with E-state index >= 15 is 0 Å². The van der Waals surface area contributed by atoms with Gasteiger partial charge in [0.2, 0.25) is 0 Å². The Kier molecular flexibility index (Phi) is 33.3. The number of rotatable bonds is 36. The van der Waals surface area contributed by atoms with Gasteiger partial charge in [0, 0.05) is 12.7 Å². The van der Waals surface area contributed by atoms with Gasteiger partial charge in [-0.1, -0.05) is 55.9 Å². The Hall–Kier alpha value is -3.99. The van der Waals surface area contributed by atoms with Gasteiger partial charge < -0.3 is 28.4 Å². The number of hydrogen-bond donors (Lipinski definition) is 0. The van der Waals surface area contributed by atoms with Gasteiger partial charge in [0.05, 0.1) is 32.3 Å². The van der Waals surface area contributed by atoms with Gasteiger partial charge in [-0.15, -0.1) is 13.2 Å². The van der Waals surface area contributed by atoms with E-state index in [2.05, 4.69) is 44.0 Å². The molecule has 0 aromatic rings. The molecule has 0 N–H and O–H groups in total. The minimum Gasteiger partial charge on any atom is -0.463 e. The maximum Gasteiger partial charge on any atom is 0.333 e. The molecule has 0 fully saturated rings. The van der Waals surface area contributed by atoms with Crippen LogP contribution in [-0.2, 0) is 52.4 Å². The third-order valence-corrected chi connectivity index (χ3v) is 8.15. The van der Waals surface area contributed by atoms with Crippen LogP contribution in [0.25, 0.3) is 0 Å². The summed E-state index contributed by atoms with van der Waals surface area (Å²) in [5, 5.41) is 0. The van der Waals surface area contributed by atoms with E-state index in [1.165, 1.54) is 26.9 Å². The zero-order valence-corrected chi connectivity index (χ0v) is 33.2. The smallest absolute Gasteiger partial charge is 0.333 e. The van der Waals surface area contributed by atoms with E-state index in [0.29, 0.717) is 13.0 Å². The molecule has 0 rings (SSSR count). The second-order valence-corrected chi connectivity index (χ2v) is 13.1. The summed E-state index contributed by atoms with van der Waals surface area (Å²) >= 11 is 0. The summed E-state index contributed by atoms with van der Waals surface area (Å²) in [6, 6.07) is 0. The average molecular weight is 761 g/mol. The molecule has 0 aliphatic carbocycles. The van der Waals surface area contributed by atoms with E-state index in [1.807, 2.05) is 6.08 Å². The quantitative estimate of drug-likeness (QED) is 0.0199. The fraction of sp³-hybridized carbons (Fsp3) is 0.651. The van der Waals surface area contributed by atoms with Gasteiger partial charge >= 0.3 is 29.8 Å². The van der Waals surface area contributed by atoms with Crippen LogP contribution in [0.15, 0.2) is 61.8 Å². The molecule has 0 heterocycles. The van der Waals surface area contributed by atoms with E-state index < -0.39 is 23.9 Å². The molecular weight excluding hydrogens is 692 g/mol. The molecule has 54 heavy (non-hydrogen) atoms. The van der Waals surface area contributed by atoms with Gasteiger partial charge in [0.25, 0.3) is 0 Å². The van der Waals surface area contributed by atoms with E-state index in [0.717, 1.165) is 83.5 Å². The van der Waals surface area contributed by atoms with E-state index in [-0.39, 0.29) is 69.3 Å². The average Bonchev–Trinajstić information content (AvgIpc) is 3.15. The summed E-state index contributed by atoms with van der Waals surface area (Å²) in [7, 11) is 1.53. The van der Waals surface area contributed by atoms with Crippen molar-refractivity contribution in [3.63, 3.8) is 0 Å². The predicted molar refractivity (Wildman–Crippen MR) is 210 cm³/mol. The second-order valence-electron chi connectivity index (χ2n) is 13.1. The van der Waals surface area contributed by atoms with Gasteiger partial charge in [-0.3, -0.25) is 19.2 Å². The van der Waals surface area contributed by atoms with Crippen molar-refractivity contribution in [1.82, 2.24) is 0 Å². The lowest BCUT2D eigenvalue weighted by Gasteiger charge is -2.17. The number of carbonyl (C=O) groups excluding carboxylic acids is 5. The Labute approximate surface area is 324 Å². The molecule has 306 valence electrons. The van der Waals surface area contributed by atoms with Gasteiger partial charge in [0.1, 0.15) is 32.0 Å². The van der Waals surface area contributed by atoms with Crippen molar-refractivity contribution in [2.75, 3.05) is 33.5 Å². The fourth-order valence-electron chi connectivity index (χ4n) is 5.11. The molecule has 0 radical (unpaired) electrons. The van der Waals surface area contributed by atoms with Crippen LogP contribution >= 0.6 is 0 Å². The molecular formula is C43H68O11. The Morgan fingerprint density at radius 2 is 0.926 bits per heavy atom. The standard InChI is InChI=1S/C43H68O11/c1-6-8-21-25-38(54-42(47)30-28-39(44)50-33-32-49-5)27-23-20-18-16-14-12-10-11-13-15-17-19-22-26-37(24-9-7-2)53-41(46)31-29-40(45)51-34-35-52-43(48)36(3)4/h6-7,15,17-18,20,37-38H,1-3,8-14,16,19,21-35H2,4-5H3/b17-15+,20-18+. The molecule has 0 spiro atoms. The van der Waals surface area contributed by atoms with Crippen molar-refractivity contribution in [1.29, 1.82) is 0 Å². The van der Waals surface area contributed by atoms with Crippen LogP contribution in [0.5, 0.6) is 0 Å². The zero-order chi connectivity index (χ0) is 40.1. The molecule has 0 bridgehead atoms. The molecule has 0 amide bonds. The summed E-state index contributed by atoms with van der Waals surface area (Å²) in [5.41, 5.74) is 0.266. The zero-order valence-electron chi connectivity index (χ0n) is 33.2. The van der Waals surface area contributed by atoms with Crippen LogP contribution in [0.3, 0.4) is 0 Å². The van der Waals surface area contributed by atoms with Crippen molar-refractivity contribution in [2.45, 2.75) is 148 Å². The molecule has 11 heteroatoms. The molecule has 2 atom stereocenters. The summed E-state index contributed by atoms with van der Waals surface area (Å²) in [6.07, 6.45) is 26.7. The molecule has 0 aromatic heterocycles. The lowest BCUT2D eigenvalue weighted by Crippen LogP contribution is -2.20. The Morgan fingerprint density at radius 1 is 0.500 bits per heavy atom. The highest BCUT2D eigenvalue weighted by Crippen LogP contribution is 2.16. The molecule has 0 aliphatic rings. The number of hydrogen-bond acceptors (Lipinski definition) is 11. The number of allylic oxidation sites excluding steroid dienone is 6. The highest BCUT2D eigenvalue weighted by atomic mass is 16.6. The summed E-state index contributed by atoms with van der Waals surface area (Å²) < 4.78 is 31.0. The van der Waals surface area contributed by atoms with Crippen molar-refractivity contribution < 1.29 is 52.4 Å². The van der Waals surface area contributed by atoms with Gasteiger partial charge in [-0.2, -0.15) is 0 Å². The molecule has 0 aliphatic heterocycles. The van der Waals surface area contributed by atoms with Crippen molar-refractivity contribution in [3.05, 3.63) is 61.8 Å². The third kappa shape index (κ3) is 32.6. The lowest BCUT2D eigenvalue weighted by molar-refractivity contribution is -0.155. The van der Waals surface area contributed by atoms with E-state index in [4.69, 9.17) is 28.4 Å². The van der Waals surface area contributed by atoms with Crippen LogP contribution in [-0.4, -0.2) is 75.6 Å². The maximum absolute atomic E-state index is 12.3. The Balaban J connectivity index is 4.13. The second kappa shape index (κ2) is 36.0. The normalized spacial score (nSPS) is 12.2. The highest BCUT2D eigenvalue weighted by Gasteiger charge is 2.17. The molecule has 0 saturated carbocycles. The summed E-state index contributed by atoms with van der Waals surface area (Å²) in [6.45, 7) is 12.9. The predicted octanol–water partition coefficient (Wildman–Crippen LogP) is 8.95. The van der Waals surface area contributed by atoms with E-state index in [1.54, 1.807) is 6.08 Å². The monoisotopic (exact) mass is 760 g/mol. The van der Waals surface area contributed by atoms with Crippen molar-refractivity contribution >= 4 is 29.8 Å². The third-order valence-electron chi connectivity index (χ3n) is 8.15. The minimum absolute atomic E-state index is 0.00261. The molecule has 11 nitrogen and oxygen atoms in total. The van der Waals surface area contributed by atoms with Crippen LogP contribution < -0.4 is 0 Å². The Morgan fingerprint density at radius 3 is 1.43 bits per heavy atom. The van der Waals surface area contributed by atoms with Crippen molar-refractivity contribution in [2.24, 2.45) is 0 Å². The number of methoxy groups -OCH3 is 1. The first kappa shape index (κ1) is 50.0. The Bertz CT molecular complexity index is 1140. The van der Waals surface area contributed by atoms with Gasteiger partial charge in [-0.25, -0.2) is 4.79 Å². The maximum atomic E-state index is 12.3. The first-order chi connectivity index (χ1) is 26.1. The van der Waals surface area contributed by atoms with Crippen LogP contribution in [0.1, 0.15) is 135 Å². The number of carbonyl (C=O) groups is 5. The van der Waals surface area contributed by atoms with E-state index in [9.17, 15) is 24.0 Å². The first-order valence-electron chi connectivity index (χ1n) is 19.7. The van der Waals surface area contributed by atoms with Gasteiger partial charge in [-0.05, 0) is 96.8 Å². The molecule has 2 unspecified atom stereocenters. The molecule has 0 saturated heterocycles. The van der Waals surface area contributed by atoms with Crippen LogP contribution in [0.2, 0.25) is 0 Å². The molecule has 0 aromatic carbocycles. The van der Waals surface area contributed by atoms with Crippen LogP contribution in [0, 0.1) is 0 Å². The SMILES string of the molecule is C=CCCCC(CC/C=C/CCCCCC/C=C/CCCC(CCC=C)OC(=O)CCC(=O)OCCOC(=O)C(=C)C)OC(=O)CCC(=O)OCCOC. The summed E-state index contributed by atoms with van der Waals surface area (Å²) in [5.74, 6) is -2.33. The highest BCUT2D eigenvalue weighted by molar-refractivity contribution is 5.86. The van der Waals surface area contributed by atoms with Crippen molar-refractivity contribution in [3.8, 4) is 0 Å². The number of esters is 5.